The van der Waals surface area contributed by atoms with E-state index in [0.717, 1.165) is 0 Å². The van der Waals surface area contributed by atoms with Crippen molar-refractivity contribution < 1.29 is 28.9 Å². The van der Waals surface area contributed by atoms with E-state index in [2.05, 4.69) is 9.47 Å². The van der Waals surface area contributed by atoms with Crippen LogP contribution in [0.4, 0.5) is 0 Å². The molecular weight excluding hydrogens is 216 g/mol. The van der Waals surface area contributed by atoms with Crippen LogP contribution in [0.25, 0.3) is 0 Å². The van der Waals surface area contributed by atoms with Gasteiger partial charge in [-0.1, -0.05) is 0 Å². The molecule has 0 aliphatic carbocycles. The highest BCUT2D eigenvalue weighted by Crippen LogP contribution is 1.79. The molecule has 0 saturated heterocycles. The van der Waals surface area contributed by atoms with Crippen LogP contribution in [-0.2, 0) is 23.8 Å². The Balaban J connectivity index is 0. The van der Waals surface area contributed by atoms with Crippen molar-refractivity contribution in [1.29, 1.82) is 0 Å². The van der Waals surface area contributed by atoms with Crippen LogP contribution in [0.2, 0.25) is 0 Å². The van der Waals surface area contributed by atoms with Crippen molar-refractivity contribution in [1.82, 2.24) is 0 Å². The van der Waals surface area contributed by atoms with E-state index in [1.165, 1.54) is 0 Å². The lowest BCUT2D eigenvalue weighted by Gasteiger charge is -1.99. The molecule has 0 atom stereocenters. The summed E-state index contributed by atoms with van der Waals surface area (Å²) in [7, 11) is 0. The average molecular weight is 236 g/mol. The van der Waals surface area contributed by atoms with Crippen LogP contribution in [-0.4, -0.2) is 50.1 Å². The molecule has 0 unspecified atom stereocenters. The third-order valence-electron chi connectivity index (χ3n) is 1.16. The minimum atomic E-state index is -0.915. The van der Waals surface area contributed by atoms with E-state index < -0.39 is 5.97 Å². The number of esters is 1. The molecule has 6 heteroatoms. The number of rotatable bonds is 7. The molecule has 0 aromatic carbocycles. The van der Waals surface area contributed by atoms with Crippen molar-refractivity contribution in [3.8, 4) is 0 Å². The molecule has 1 N–H and O–H groups in total. The zero-order valence-corrected chi connectivity index (χ0v) is 10.0. The number of hydrogen-bond acceptors (Lipinski definition) is 5. The van der Waals surface area contributed by atoms with Gasteiger partial charge in [0.1, 0.15) is 13.2 Å². The first kappa shape index (κ1) is 17.3. The van der Waals surface area contributed by atoms with Crippen LogP contribution in [0.15, 0.2) is 0 Å². The summed E-state index contributed by atoms with van der Waals surface area (Å²) in [6, 6.07) is 0. The molecule has 0 aromatic rings. The van der Waals surface area contributed by atoms with Crippen LogP contribution in [0.1, 0.15) is 20.8 Å². The first-order chi connectivity index (χ1) is 7.58. The van der Waals surface area contributed by atoms with Gasteiger partial charge in [0, 0.05) is 13.2 Å². The van der Waals surface area contributed by atoms with Gasteiger partial charge >= 0.3 is 11.9 Å². The van der Waals surface area contributed by atoms with Crippen molar-refractivity contribution in [2.24, 2.45) is 0 Å². The first-order valence-electron chi connectivity index (χ1n) is 5.11. The predicted octanol–water partition coefficient (Wildman–Crippen LogP) is 0.694. The van der Waals surface area contributed by atoms with Crippen molar-refractivity contribution in [3.05, 3.63) is 0 Å². The van der Waals surface area contributed by atoms with Gasteiger partial charge in [0.05, 0.1) is 6.61 Å². The van der Waals surface area contributed by atoms with E-state index in [1.807, 2.05) is 6.92 Å². The van der Waals surface area contributed by atoms with Gasteiger partial charge in [-0.05, 0) is 20.8 Å². The number of carboxylic acids is 1. The van der Waals surface area contributed by atoms with Gasteiger partial charge in [-0.25, -0.2) is 9.59 Å². The van der Waals surface area contributed by atoms with Crippen LogP contribution >= 0.6 is 0 Å². The smallest absolute Gasteiger partial charge is 0.332 e. The summed E-state index contributed by atoms with van der Waals surface area (Å²) in [6.45, 7) is 6.68. The summed E-state index contributed by atoms with van der Waals surface area (Å²) in [5, 5.41) is 7.92. The lowest BCUT2D eigenvalue weighted by molar-refractivity contribution is -0.148. The lowest BCUT2D eigenvalue weighted by Crippen LogP contribution is -2.11. The second-order valence-corrected chi connectivity index (χ2v) is 2.47. The summed E-state index contributed by atoms with van der Waals surface area (Å²) < 4.78 is 13.8. The molecule has 0 rings (SSSR count). The van der Waals surface area contributed by atoms with Crippen LogP contribution in [0.5, 0.6) is 0 Å². The molecule has 96 valence electrons. The van der Waals surface area contributed by atoms with Gasteiger partial charge in [0.25, 0.3) is 0 Å². The highest BCUT2D eigenvalue weighted by atomic mass is 16.6. The van der Waals surface area contributed by atoms with Crippen molar-refractivity contribution >= 4 is 11.9 Å². The Morgan fingerprint density at radius 3 is 1.75 bits per heavy atom. The van der Waals surface area contributed by atoms with E-state index in [-0.39, 0.29) is 19.2 Å². The maximum Gasteiger partial charge on any atom is 0.332 e. The summed E-state index contributed by atoms with van der Waals surface area (Å²) in [5.74, 6) is -1.21. The molecule has 0 aliphatic rings. The Morgan fingerprint density at radius 2 is 1.44 bits per heavy atom. The zero-order valence-electron chi connectivity index (χ0n) is 10.0. The molecule has 0 bridgehead atoms. The number of carboxylic acid groups (broad SMARTS) is 1. The minimum absolute atomic E-state index is 0.0737. The molecule has 0 radical (unpaired) electrons. The normalized spacial score (nSPS) is 8.94. The Kier molecular flexibility index (Phi) is 15.0. The third kappa shape index (κ3) is 18.6. The molecule has 0 spiro atoms. The fourth-order valence-corrected chi connectivity index (χ4v) is 0.577. The van der Waals surface area contributed by atoms with Gasteiger partial charge in [-0.15, -0.1) is 0 Å². The predicted molar refractivity (Wildman–Crippen MR) is 57.3 cm³/mol. The molecule has 0 heterocycles. The Morgan fingerprint density at radius 1 is 0.938 bits per heavy atom. The average Bonchev–Trinajstić information content (AvgIpc) is 2.25. The van der Waals surface area contributed by atoms with Crippen molar-refractivity contribution in [3.63, 3.8) is 0 Å². The maximum atomic E-state index is 10.5. The number of carbonyl (C=O) groups excluding carboxylic acids is 1. The van der Waals surface area contributed by atoms with Crippen LogP contribution in [0.3, 0.4) is 0 Å². The first-order valence-corrected chi connectivity index (χ1v) is 5.11. The molecule has 0 fully saturated rings. The van der Waals surface area contributed by atoms with E-state index in [1.54, 1.807) is 13.8 Å². The Hall–Kier alpha value is -1.14. The monoisotopic (exact) mass is 236 g/mol. The van der Waals surface area contributed by atoms with Gasteiger partial charge in [0.15, 0.2) is 0 Å². The molecule has 16 heavy (non-hydrogen) atoms. The standard InChI is InChI=1S/C6H12O3.C4H8O3/c1-3-8-5-6(7)9-4-2;1-2-7-3-4(5)6/h3-5H2,1-2H3;2-3H2,1H3,(H,5,6). The zero-order chi connectivity index (χ0) is 12.8. The molecular formula is C10H20O6. The number of aliphatic carboxylic acids is 1. The van der Waals surface area contributed by atoms with Gasteiger partial charge in [-0.3, -0.25) is 0 Å². The number of carbonyl (C=O) groups is 2. The lowest BCUT2D eigenvalue weighted by atomic mass is 10.7. The summed E-state index contributed by atoms with van der Waals surface area (Å²) in [4.78, 5) is 20.1. The molecule has 0 amide bonds. The topological polar surface area (TPSA) is 82.1 Å². The van der Waals surface area contributed by atoms with Crippen LogP contribution < -0.4 is 0 Å². The quantitative estimate of drug-likeness (QED) is 0.655. The highest BCUT2D eigenvalue weighted by Gasteiger charge is 1.97. The van der Waals surface area contributed by atoms with Gasteiger partial charge < -0.3 is 19.3 Å². The molecule has 6 nitrogen and oxygen atoms in total. The van der Waals surface area contributed by atoms with Gasteiger partial charge in [-0.2, -0.15) is 0 Å². The third-order valence-corrected chi connectivity index (χ3v) is 1.16. The SMILES string of the molecule is CCOCC(=O)O.CCOCC(=O)OCC. The number of ether oxygens (including phenoxy) is 3. The fourth-order valence-electron chi connectivity index (χ4n) is 0.577. The largest absolute Gasteiger partial charge is 0.480 e. The summed E-state index contributed by atoms with van der Waals surface area (Å²) in [5.41, 5.74) is 0. The highest BCUT2D eigenvalue weighted by molar-refractivity contribution is 5.70. The second-order valence-electron chi connectivity index (χ2n) is 2.47. The minimum Gasteiger partial charge on any atom is -0.480 e. The molecule has 0 saturated carbocycles. The molecule has 0 aromatic heterocycles. The summed E-state index contributed by atoms with van der Waals surface area (Å²) >= 11 is 0. The maximum absolute atomic E-state index is 10.5. The van der Waals surface area contributed by atoms with Crippen molar-refractivity contribution in [2.75, 3.05) is 33.0 Å². The molecule has 0 aliphatic heterocycles. The fraction of sp³-hybridized carbons (Fsp3) is 0.800. The van der Waals surface area contributed by atoms with E-state index >= 15 is 0 Å². The summed E-state index contributed by atoms with van der Waals surface area (Å²) in [6.07, 6.45) is 0. The van der Waals surface area contributed by atoms with E-state index in [4.69, 9.17) is 9.84 Å². The van der Waals surface area contributed by atoms with E-state index in [0.29, 0.717) is 19.8 Å². The van der Waals surface area contributed by atoms with Crippen LogP contribution in [0, 0.1) is 0 Å². The second kappa shape index (κ2) is 13.9. The number of hydrogen-bond donors (Lipinski definition) is 1. The van der Waals surface area contributed by atoms with Crippen molar-refractivity contribution in [2.45, 2.75) is 20.8 Å². The van der Waals surface area contributed by atoms with Gasteiger partial charge in [0.2, 0.25) is 0 Å². The Labute approximate surface area is 95.5 Å². The van der Waals surface area contributed by atoms with E-state index in [9.17, 15) is 9.59 Å². The Bertz CT molecular complexity index is 180.